The first-order chi connectivity index (χ1) is 17.5. The molecule has 0 radical (unpaired) electrons. The summed E-state index contributed by atoms with van der Waals surface area (Å²) in [6.45, 7) is 15.2. The molecule has 8 nitrogen and oxygen atoms in total. The smallest absolute Gasteiger partial charge is 0.333 e. The second-order valence-corrected chi connectivity index (χ2v) is 12.0. The number of hydrogen-bond acceptors (Lipinski definition) is 8. The third kappa shape index (κ3) is 7.06. The van der Waals surface area contributed by atoms with Gasteiger partial charge in [-0.15, -0.1) is 23.5 Å². The van der Waals surface area contributed by atoms with Gasteiger partial charge in [-0.1, -0.05) is 37.4 Å². The van der Waals surface area contributed by atoms with Crippen molar-refractivity contribution in [3.05, 3.63) is 59.7 Å². The van der Waals surface area contributed by atoms with Gasteiger partial charge in [0.15, 0.2) is 5.78 Å². The Hall–Kier alpha value is -2.56. The summed E-state index contributed by atoms with van der Waals surface area (Å²) in [6.07, 6.45) is 0. The number of carbonyl (C=O) groups is 4. The maximum absolute atomic E-state index is 12.8. The van der Waals surface area contributed by atoms with Crippen LogP contribution in [0.1, 0.15) is 49.6 Å². The van der Waals surface area contributed by atoms with Crippen LogP contribution in [0.3, 0.4) is 0 Å². The second kappa shape index (κ2) is 12.8. The zero-order valence-corrected chi connectivity index (χ0v) is 23.4. The lowest BCUT2D eigenvalue weighted by Gasteiger charge is -2.26. The molecule has 4 atom stereocenters. The van der Waals surface area contributed by atoms with E-state index in [1.54, 1.807) is 47.2 Å². The molecule has 0 aliphatic carbocycles. The molecule has 2 amide bonds. The van der Waals surface area contributed by atoms with E-state index in [1.165, 1.54) is 0 Å². The van der Waals surface area contributed by atoms with Gasteiger partial charge in [0, 0.05) is 12.1 Å². The monoisotopic (exact) mass is 546 g/mol. The predicted molar refractivity (Wildman–Crippen MR) is 146 cm³/mol. The number of ketones is 1. The number of thioether (sulfide) groups is 2. The Morgan fingerprint density at radius 3 is 1.73 bits per heavy atom. The Morgan fingerprint density at radius 2 is 1.30 bits per heavy atom. The topological polar surface area (TPSA) is 93.2 Å². The lowest BCUT2D eigenvalue weighted by Crippen LogP contribution is -2.34. The number of Topliss-reactive ketones (excluding diaryl/α,β-unsaturated/α-hetero) is 1. The van der Waals surface area contributed by atoms with Gasteiger partial charge in [0.1, 0.15) is 24.0 Å². The number of benzene rings is 1. The minimum atomic E-state index is -0.469. The van der Waals surface area contributed by atoms with E-state index in [9.17, 15) is 19.2 Å². The molecule has 2 aliphatic rings. The average molecular weight is 547 g/mol. The Bertz CT molecular complexity index is 1070. The largest absolute Gasteiger partial charge is 0.460 e. The van der Waals surface area contributed by atoms with Gasteiger partial charge in [0.25, 0.3) is 0 Å². The normalized spacial score (nSPS) is 23.5. The lowest BCUT2D eigenvalue weighted by atomic mass is 10.1. The fourth-order valence-corrected chi connectivity index (χ4v) is 6.57. The summed E-state index contributed by atoms with van der Waals surface area (Å²) in [4.78, 5) is 52.5. The van der Waals surface area contributed by atoms with Gasteiger partial charge in [-0.3, -0.25) is 14.4 Å². The van der Waals surface area contributed by atoms with E-state index < -0.39 is 5.97 Å². The van der Waals surface area contributed by atoms with Crippen LogP contribution in [0.15, 0.2) is 48.6 Å². The molecule has 0 saturated carbocycles. The fraction of sp³-hybridized carbons (Fsp3) is 0.481. The van der Waals surface area contributed by atoms with Crippen LogP contribution in [0.5, 0.6) is 0 Å². The Labute approximate surface area is 226 Å². The average Bonchev–Trinajstić information content (AvgIpc) is 3.31. The summed E-state index contributed by atoms with van der Waals surface area (Å²) in [7, 11) is 0. The van der Waals surface area contributed by atoms with Gasteiger partial charge in [-0.05, 0) is 44.4 Å². The van der Waals surface area contributed by atoms with Gasteiger partial charge in [0.2, 0.25) is 11.8 Å². The van der Waals surface area contributed by atoms with E-state index in [1.807, 2.05) is 38.1 Å². The summed E-state index contributed by atoms with van der Waals surface area (Å²) in [5.74, 6) is -0.575. The molecule has 3 rings (SSSR count). The van der Waals surface area contributed by atoms with Gasteiger partial charge in [-0.2, -0.15) is 0 Å². The molecule has 0 N–H and O–H groups in total. The second-order valence-electron chi connectivity index (χ2n) is 9.16. The summed E-state index contributed by atoms with van der Waals surface area (Å²) in [6, 6.07) is 7.95. The molecule has 0 bridgehead atoms. The van der Waals surface area contributed by atoms with Crippen LogP contribution < -0.4 is 0 Å². The maximum atomic E-state index is 12.8. The Morgan fingerprint density at radius 1 is 0.838 bits per heavy atom. The minimum absolute atomic E-state index is 0.00697. The van der Waals surface area contributed by atoms with Crippen molar-refractivity contribution in [3.8, 4) is 0 Å². The number of carbonyl (C=O) groups excluding carboxylic acids is 4. The highest BCUT2D eigenvalue weighted by Gasteiger charge is 2.40. The maximum Gasteiger partial charge on any atom is 0.333 e. The van der Waals surface area contributed by atoms with Crippen LogP contribution in [-0.2, 0) is 28.7 Å². The quantitative estimate of drug-likeness (QED) is 0.222. The predicted octanol–water partition coefficient (Wildman–Crippen LogP) is 3.89. The molecular formula is C27H34N2O6S2. The highest BCUT2D eigenvalue weighted by molar-refractivity contribution is 8.01. The number of hydrogen-bond donors (Lipinski definition) is 0. The van der Waals surface area contributed by atoms with Crippen molar-refractivity contribution < 1.29 is 28.7 Å². The number of esters is 1. The van der Waals surface area contributed by atoms with E-state index in [2.05, 4.69) is 13.2 Å². The van der Waals surface area contributed by atoms with Crippen molar-refractivity contribution in [2.24, 2.45) is 0 Å². The first-order valence-electron chi connectivity index (χ1n) is 12.1. The zero-order chi connectivity index (χ0) is 27.3. The highest BCUT2D eigenvalue weighted by Crippen LogP contribution is 2.45. The standard InChI is InChI=1S/C27H34N2O6S2/c1-16(2)22(30)15-34-13-11-28-23(31)18(5)36-25(28)20-7-9-21(10-8-20)26-29(24(32)19(6)37-26)12-14-35-27(33)17(3)4/h7-10,18-19,25-26H,1,3,11-15H2,2,4-6H3. The Kier molecular flexibility index (Phi) is 10.0. The molecule has 1 aromatic rings. The Balaban J connectivity index is 1.66. The molecular weight excluding hydrogens is 512 g/mol. The van der Waals surface area contributed by atoms with Crippen molar-refractivity contribution in [3.63, 3.8) is 0 Å². The summed E-state index contributed by atoms with van der Waals surface area (Å²) in [5, 5.41) is -0.723. The molecule has 0 aromatic heterocycles. The van der Waals surface area contributed by atoms with Gasteiger partial charge in [0.05, 0.1) is 23.7 Å². The SMILES string of the molecule is C=C(C)C(=O)COCCN1C(=O)C(C)SC1c1ccc(C2SC(C)C(=O)N2CCOC(=O)C(=C)C)cc1. The van der Waals surface area contributed by atoms with E-state index in [-0.39, 0.29) is 58.7 Å². The lowest BCUT2D eigenvalue weighted by molar-refractivity contribution is -0.141. The van der Waals surface area contributed by atoms with Crippen LogP contribution in [0.2, 0.25) is 0 Å². The fourth-order valence-electron chi connectivity index (χ4n) is 3.96. The molecule has 2 heterocycles. The first-order valence-corrected chi connectivity index (χ1v) is 14.0. The summed E-state index contributed by atoms with van der Waals surface area (Å²) in [5.41, 5.74) is 2.71. The molecule has 10 heteroatoms. The number of nitrogens with zero attached hydrogens (tertiary/aromatic N) is 2. The van der Waals surface area contributed by atoms with Crippen molar-refractivity contribution in [2.75, 3.05) is 32.9 Å². The van der Waals surface area contributed by atoms with Crippen molar-refractivity contribution in [2.45, 2.75) is 48.9 Å². The van der Waals surface area contributed by atoms with Crippen LogP contribution in [0, 0.1) is 0 Å². The van der Waals surface area contributed by atoms with Crippen molar-refractivity contribution in [1.29, 1.82) is 0 Å². The third-order valence-electron chi connectivity index (χ3n) is 6.10. The first kappa shape index (κ1) is 29.0. The molecule has 4 unspecified atom stereocenters. The molecule has 37 heavy (non-hydrogen) atoms. The number of amides is 2. The minimum Gasteiger partial charge on any atom is -0.460 e. The number of ether oxygens (including phenoxy) is 2. The summed E-state index contributed by atoms with van der Waals surface area (Å²) < 4.78 is 10.7. The van der Waals surface area contributed by atoms with Gasteiger partial charge in [-0.25, -0.2) is 4.79 Å². The molecule has 2 saturated heterocycles. The molecule has 2 aliphatic heterocycles. The van der Waals surface area contributed by atoms with Crippen LogP contribution in [0.25, 0.3) is 0 Å². The van der Waals surface area contributed by atoms with E-state index in [0.29, 0.717) is 24.2 Å². The zero-order valence-electron chi connectivity index (χ0n) is 21.7. The van der Waals surface area contributed by atoms with Gasteiger partial charge >= 0.3 is 5.97 Å². The van der Waals surface area contributed by atoms with E-state index >= 15 is 0 Å². The summed E-state index contributed by atoms with van der Waals surface area (Å²) >= 11 is 3.13. The van der Waals surface area contributed by atoms with Gasteiger partial charge < -0.3 is 19.3 Å². The van der Waals surface area contributed by atoms with E-state index in [0.717, 1.165) is 11.1 Å². The highest BCUT2D eigenvalue weighted by atomic mass is 32.2. The molecule has 1 aromatic carbocycles. The molecule has 2 fully saturated rings. The third-order valence-corrected chi connectivity index (χ3v) is 8.89. The van der Waals surface area contributed by atoms with Crippen LogP contribution in [0.4, 0.5) is 0 Å². The van der Waals surface area contributed by atoms with Crippen LogP contribution in [-0.4, -0.2) is 76.8 Å². The molecule has 0 spiro atoms. The van der Waals surface area contributed by atoms with E-state index in [4.69, 9.17) is 9.47 Å². The molecule has 200 valence electrons. The van der Waals surface area contributed by atoms with Crippen molar-refractivity contribution >= 4 is 47.1 Å². The van der Waals surface area contributed by atoms with Crippen molar-refractivity contribution in [1.82, 2.24) is 9.80 Å². The van der Waals surface area contributed by atoms with Crippen LogP contribution >= 0.6 is 23.5 Å². The number of rotatable bonds is 12.